The number of aryl methyl sites for hydroxylation is 1. The molecule has 2 aromatic carbocycles. The van der Waals surface area contributed by atoms with Gasteiger partial charge in [0.15, 0.2) is 11.5 Å². The van der Waals surface area contributed by atoms with Crippen molar-refractivity contribution in [2.24, 2.45) is 0 Å². The quantitative estimate of drug-likeness (QED) is 0.453. The van der Waals surface area contributed by atoms with E-state index in [-0.39, 0.29) is 24.2 Å². The number of fused-ring (bicyclic) bond motifs is 1. The lowest BCUT2D eigenvalue weighted by Gasteiger charge is -2.24. The van der Waals surface area contributed by atoms with E-state index in [1.807, 2.05) is 49.4 Å². The number of anilines is 1. The Morgan fingerprint density at radius 2 is 1.77 bits per heavy atom. The number of nitrogens with one attached hydrogen (secondary N) is 1. The van der Waals surface area contributed by atoms with Crippen LogP contribution in [0.1, 0.15) is 29.2 Å². The topological polar surface area (TPSA) is 113 Å². The molecule has 1 aliphatic heterocycles. The van der Waals surface area contributed by atoms with Gasteiger partial charge in [0.25, 0.3) is 5.95 Å². The second-order valence-electron chi connectivity index (χ2n) is 8.05. The van der Waals surface area contributed by atoms with Crippen molar-refractivity contribution in [1.82, 2.24) is 25.0 Å². The second kappa shape index (κ2) is 9.05. The van der Waals surface area contributed by atoms with Crippen LogP contribution in [0, 0.1) is 6.92 Å². The van der Waals surface area contributed by atoms with Gasteiger partial charge < -0.3 is 19.5 Å². The van der Waals surface area contributed by atoms with Crippen LogP contribution in [-0.4, -0.2) is 52.2 Å². The number of hydrogen-bond donors (Lipinski definition) is 1. The summed E-state index contributed by atoms with van der Waals surface area (Å²) >= 11 is 0. The van der Waals surface area contributed by atoms with Crippen molar-refractivity contribution >= 4 is 11.7 Å². The van der Waals surface area contributed by atoms with Gasteiger partial charge in [0.2, 0.25) is 5.91 Å². The van der Waals surface area contributed by atoms with Crippen LogP contribution < -0.4 is 19.5 Å². The lowest BCUT2D eigenvalue weighted by Crippen LogP contribution is -2.25. The number of carbonyl (C=O) groups excluding carboxylic acids is 1. The first-order valence-corrected chi connectivity index (χ1v) is 11.0. The molecule has 0 unspecified atom stereocenters. The van der Waals surface area contributed by atoms with Crippen LogP contribution in [0.4, 0.5) is 5.82 Å². The molecule has 1 amide bonds. The number of aromatic nitrogens is 5. The zero-order valence-corrected chi connectivity index (χ0v) is 19.8. The zero-order valence-electron chi connectivity index (χ0n) is 19.8. The number of rotatable bonds is 6. The third kappa shape index (κ3) is 4.03. The SMILES string of the molecule is COc1ccc(-c2cnnc(-n3nc(C)c4c3NC(=O)C[C@H]4c3ccc(OC)c(OC)c3)n2)cc1. The van der Waals surface area contributed by atoms with E-state index in [4.69, 9.17) is 14.2 Å². The van der Waals surface area contributed by atoms with Gasteiger partial charge in [-0.3, -0.25) is 4.79 Å². The van der Waals surface area contributed by atoms with Crippen LogP contribution in [0.5, 0.6) is 17.2 Å². The molecule has 0 saturated heterocycles. The van der Waals surface area contributed by atoms with E-state index < -0.39 is 0 Å². The number of benzene rings is 2. The number of carbonyl (C=O) groups is 1. The standard InChI is InChI=1S/C25H24N6O4/c1-14-23-18(16-7-10-20(34-3)21(11-16)35-4)12-22(32)28-24(23)31(30-14)25-27-19(13-26-29-25)15-5-8-17(33-2)9-6-15/h5-11,13,18H,12H2,1-4H3,(H,28,32)/t18-/m0/s1. The minimum atomic E-state index is -0.218. The van der Waals surface area contributed by atoms with E-state index in [1.165, 1.54) is 4.68 Å². The first-order valence-electron chi connectivity index (χ1n) is 11.0. The van der Waals surface area contributed by atoms with Crippen molar-refractivity contribution < 1.29 is 19.0 Å². The molecule has 0 radical (unpaired) electrons. The summed E-state index contributed by atoms with van der Waals surface area (Å²) < 4.78 is 17.6. The van der Waals surface area contributed by atoms with E-state index in [2.05, 4.69) is 25.6 Å². The molecule has 2 aromatic heterocycles. The zero-order chi connectivity index (χ0) is 24.5. The van der Waals surface area contributed by atoms with Gasteiger partial charge in [0, 0.05) is 23.5 Å². The molecule has 0 aliphatic carbocycles. The molecule has 1 aliphatic rings. The van der Waals surface area contributed by atoms with Crippen molar-refractivity contribution in [2.45, 2.75) is 19.3 Å². The Balaban J connectivity index is 1.58. The van der Waals surface area contributed by atoms with Gasteiger partial charge in [0.1, 0.15) is 11.6 Å². The summed E-state index contributed by atoms with van der Waals surface area (Å²) in [6, 6.07) is 13.2. The van der Waals surface area contributed by atoms with Crippen LogP contribution in [0.25, 0.3) is 17.2 Å². The molecule has 0 fully saturated rings. The maximum Gasteiger partial charge on any atom is 0.272 e. The summed E-state index contributed by atoms with van der Waals surface area (Å²) in [5.74, 6) is 2.42. The average Bonchev–Trinajstić information content (AvgIpc) is 3.23. The first-order chi connectivity index (χ1) is 17.0. The van der Waals surface area contributed by atoms with Gasteiger partial charge in [-0.05, 0) is 48.9 Å². The molecule has 5 rings (SSSR count). The van der Waals surface area contributed by atoms with E-state index in [1.54, 1.807) is 27.5 Å². The fourth-order valence-electron chi connectivity index (χ4n) is 4.33. The second-order valence-corrected chi connectivity index (χ2v) is 8.05. The van der Waals surface area contributed by atoms with Crippen LogP contribution in [0.3, 0.4) is 0 Å². The molecule has 35 heavy (non-hydrogen) atoms. The minimum Gasteiger partial charge on any atom is -0.497 e. The molecule has 0 spiro atoms. The molecule has 1 N–H and O–H groups in total. The highest BCUT2D eigenvalue weighted by Gasteiger charge is 2.33. The number of ether oxygens (including phenoxy) is 3. The molecule has 1 atom stereocenters. The number of methoxy groups -OCH3 is 3. The lowest BCUT2D eigenvalue weighted by molar-refractivity contribution is -0.116. The molecule has 178 valence electrons. The Kier molecular flexibility index (Phi) is 5.77. The lowest BCUT2D eigenvalue weighted by atomic mass is 9.85. The van der Waals surface area contributed by atoms with Gasteiger partial charge >= 0.3 is 0 Å². The first kappa shape index (κ1) is 22.3. The highest BCUT2D eigenvalue weighted by molar-refractivity contribution is 5.95. The predicted octanol–water partition coefficient (Wildman–Crippen LogP) is 3.53. The normalized spacial score (nSPS) is 14.7. The predicted molar refractivity (Wildman–Crippen MR) is 128 cm³/mol. The monoisotopic (exact) mass is 472 g/mol. The molecule has 0 bridgehead atoms. The highest BCUT2D eigenvalue weighted by atomic mass is 16.5. The molecule has 10 heteroatoms. The van der Waals surface area contributed by atoms with Crippen LogP contribution in [-0.2, 0) is 4.79 Å². The number of hydrogen-bond acceptors (Lipinski definition) is 8. The van der Waals surface area contributed by atoms with E-state index in [0.29, 0.717) is 23.0 Å². The van der Waals surface area contributed by atoms with Crippen molar-refractivity contribution in [2.75, 3.05) is 26.6 Å². The number of nitrogens with zero attached hydrogens (tertiary/aromatic N) is 5. The Morgan fingerprint density at radius 1 is 1.00 bits per heavy atom. The average molecular weight is 473 g/mol. The fraction of sp³-hybridized carbons (Fsp3) is 0.240. The van der Waals surface area contributed by atoms with E-state index in [0.717, 1.165) is 28.1 Å². The largest absolute Gasteiger partial charge is 0.497 e. The summed E-state index contributed by atoms with van der Waals surface area (Å²) in [7, 11) is 4.79. The van der Waals surface area contributed by atoms with Crippen molar-refractivity contribution in [3.05, 3.63) is 65.5 Å². The Hall–Kier alpha value is -4.47. The summed E-state index contributed by atoms with van der Waals surface area (Å²) in [5, 5.41) is 15.9. The smallest absolute Gasteiger partial charge is 0.272 e. The third-order valence-electron chi connectivity index (χ3n) is 6.04. The molecular formula is C25H24N6O4. The summed E-state index contributed by atoms with van der Waals surface area (Å²) in [6.07, 6.45) is 1.86. The summed E-state index contributed by atoms with van der Waals surface area (Å²) in [5.41, 5.74) is 4.06. The van der Waals surface area contributed by atoms with Gasteiger partial charge in [0.05, 0.1) is 38.9 Å². The molecular weight excluding hydrogens is 448 g/mol. The van der Waals surface area contributed by atoms with Gasteiger partial charge in [-0.15, -0.1) is 5.10 Å². The maximum atomic E-state index is 12.8. The summed E-state index contributed by atoms with van der Waals surface area (Å²) in [6.45, 7) is 1.90. The van der Waals surface area contributed by atoms with Crippen molar-refractivity contribution in [3.63, 3.8) is 0 Å². The van der Waals surface area contributed by atoms with Crippen LogP contribution in [0.2, 0.25) is 0 Å². The third-order valence-corrected chi connectivity index (χ3v) is 6.04. The van der Waals surface area contributed by atoms with Gasteiger partial charge in [-0.1, -0.05) is 6.07 Å². The van der Waals surface area contributed by atoms with Crippen molar-refractivity contribution in [3.8, 4) is 34.5 Å². The fourth-order valence-corrected chi connectivity index (χ4v) is 4.33. The van der Waals surface area contributed by atoms with Crippen molar-refractivity contribution in [1.29, 1.82) is 0 Å². The van der Waals surface area contributed by atoms with E-state index >= 15 is 0 Å². The molecule has 4 aromatic rings. The van der Waals surface area contributed by atoms with Gasteiger partial charge in [-0.25, -0.2) is 4.98 Å². The number of amides is 1. The van der Waals surface area contributed by atoms with Gasteiger partial charge in [-0.2, -0.15) is 14.9 Å². The molecule has 0 saturated carbocycles. The summed E-state index contributed by atoms with van der Waals surface area (Å²) in [4.78, 5) is 17.4. The van der Waals surface area contributed by atoms with Crippen LogP contribution >= 0.6 is 0 Å². The Labute approximate surface area is 201 Å². The molecule has 10 nitrogen and oxygen atoms in total. The highest BCUT2D eigenvalue weighted by Crippen LogP contribution is 2.42. The van der Waals surface area contributed by atoms with Crippen LogP contribution in [0.15, 0.2) is 48.7 Å². The maximum absolute atomic E-state index is 12.8. The minimum absolute atomic E-state index is 0.127. The Bertz CT molecular complexity index is 1400. The van der Waals surface area contributed by atoms with E-state index in [9.17, 15) is 4.79 Å². The Morgan fingerprint density at radius 3 is 2.49 bits per heavy atom. The molecule has 3 heterocycles.